The second kappa shape index (κ2) is 3.50. The smallest absolute Gasteiger partial charge is 0.146 e. The quantitative estimate of drug-likeness (QED) is 0.696. The molecule has 0 amide bonds. The van der Waals surface area contributed by atoms with Crippen molar-refractivity contribution < 1.29 is 4.39 Å². The molecule has 0 radical (unpaired) electrons. The van der Waals surface area contributed by atoms with E-state index in [-0.39, 0.29) is 5.82 Å². The third kappa shape index (κ3) is 1.55. The zero-order valence-corrected chi connectivity index (χ0v) is 8.86. The molecule has 0 spiro atoms. The molecule has 2 aromatic rings. The van der Waals surface area contributed by atoms with Gasteiger partial charge in [-0.1, -0.05) is 6.07 Å². The maximum atomic E-state index is 13.5. The van der Waals surface area contributed by atoms with Crippen LogP contribution in [0.5, 0.6) is 0 Å². The first-order valence-corrected chi connectivity index (χ1v) is 5.24. The van der Waals surface area contributed by atoms with Crippen molar-refractivity contribution in [3.8, 4) is 11.3 Å². The number of hydrogen-bond donors (Lipinski definition) is 0. The average Bonchev–Trinajstić information content (AvgIpc) is 2.48. The lowest BCUT2D eigenvalue weighted by Crippen LogP contribution is -1.86. The highest BCUT2D eigenvalue weighted by molar-refractivity contribution is 7.10. The molecule has 0 bridgehead atoms. The van der Waals surface area contributed by atoms with E-state index in [1.54, 1.807) is 6.92 Å². The van der Waals surface area contributed by atoms with E-state index in [2.05, 4.69) is 4.98 Å². The van der Waals surface area contributed by atoms with E-state index in [4.69, 9.17) is 0 Å². The van der Waals surface area contributed by atoms with E-state index in [1.807, 2.05) is 30.5 Å². The third-order valence-corrected chi connectivity index (χ3v) is 2.95. The standard InChI is InChI=1S/C11H10FNS/c1-7-4-3-5-10(13-7)9-6-14-8(2)11(9)12/h3-6H,1-2H3. The van der Waals surface area contributed by atoms with Gasteiger partial charge in [-0.05, 0) is 26.0 Å². The van der Waals surface area contributed by atoms with Gasteiger partial charge in [0.05, 0.1) is 5.69 Å². The monoisotopic (exact) mass is 207 g/mol. The maximum absolute atomic E-state index is 13.5. The number of aryl methyl sites for hydroxylation is 2. The van der Waals surface area contributed by atoms with Gasteiger partial charge in [0.15, 0.2) is 0 Å². The molecule has 14 heavy (non-hydrogen) atoms. The Labute approximate surface area is 86.2 Å². The second-order valence-corrected chi connectivity index (χ2v) is 4.27. The Morgan fingerprint density at radius 3 is 2.64 bits per heavy atom. The third-order valence-electron chi connectivity index (χ3n) is 2.06. The molecule has 0 aliphatic rings. The molecule has 0 unspecified atom stereocenters. The molecular weight excluding hydrogens is 197 g/mol. The summed E-state index contributed by atoms with van der Waals surface area (Å²) in [6, 6.07) is 5.63. The zero-order chi connectivity index (χ0) is 10.1. The predicted molar refractivity (Wildman–Crippen MR) is 57.0 cm³/mol. The van der Waals surface area contributed by atoms with Crippen molar-refractivity contribution in [2.24, 2.45) is 0 Å². The van der Waals surface area contributed by atoms with Gasteiger partial charge in [-0.2, -0.15) is 0 Å². The minimum atomic E-state index is -0.145. The van der Waals surface area contributed by atoms with Crippen LogP contribution in [0.25, 0.3) is 11.3 Å². The van der Waals surface area contributed by atoms with E-state index in [1.165, 1.54) is 11.3 Å². The molecular formula is C11H10FNS. The Bertz CT molecular complexity index is 462. The normalized spacial score (nSPS) is 10.5. The van der Waals surface area contributed by atoms with Crippen molar-refractivity contribution in [2.45, 2.75) is 13.8 Å². The lowest BCUT2D eigenvalue weighted by atomic mass is 10.2. The van der Waals surface area contributed by atoms with Crippen molar-refractivity contribution in [2.75, 3.05) is 0 Å². The Hall–Kier alpha value is -1.22. The van der Waals surface area contributed by atoms with E-state index >= 15 is 0 Å². The Kier molecular flexibility index (Phi) is 2.33. The summed E-state index contributed by atoms with van der Waals surface area (Å²) in [5.41, 5.74) is 2.23. The number of rotatable bonds is 1. The van der Waals surface area contributed by atoms with Gasteiger partial charge >= 0.3 is 0 Å². The van der Waals surface area contributed by atoms with Gasteiger partial charge in [-0.15, -0.1) is 11.3 Å². The molecule has 0 N–H and O–H groups in total. The summed E-state index contributed by atoms with van der Waals surface area (Å²) in [6.45, 7) is 3.68. The van der Waals surface area contributed by atoms with Crippen LogP contribution < -0.4 is 0 Å². The summed E-state index contributed by atoms with van der Waals surface area (Å²) in [4.78, 5) is 5.00. The summed E-state index contributed by atoms with van der Waals surface area (Å²) in [7, 11) is 0. The number of halogens is 1. The maximum Gasteiger partial charge on any atom is 0.146 e. The van der Waals surface area contributed by atoms with Crippen LogP contribution in [-0.4, -0.2) is 4.98 Å². The largest absolute Gasteiger partial charge is 0.253 e. The number of nitrogens with zero attached hydrogens (tertiary/aromatic N) is 1. The molecule has 3 heteroatoms. The highest BCUT2D eigenvalue weighted by atomic mass is 32.1. The van der Waals surface area contributed by atoms with Crippen LogP contribution in [0.3, 0.4) is 0 Å². The molecule has 0 aromatic carbocycles. The lowest BCUT2D eigenvalue weighted by molar-refractivity contribution is 0.628. The first-order chi connectivity index (χ1) is 6.68. The van der Waals surface area contributed by atoms with Crippen molar-refractivity contribution in [1.29, 1.82) is 0 Å². The zero-order valence-electron chi connectivity index (χ0n) is 8.04. The summed E-state index contributed by atoms with van der Waals surface area (Å²) >= 11 is 1.42. The minimum Gasteiger partial charge on any atom is -0.253 e. The first kappa shape index (κ1) is 9.34. The fourth-order valence-electron chi connectivity index (χ4n) is 1.31. The van der Waals surface area contributed by atoms with Gasteiger partial charge in [0.25, 0.3) is 0 Å². The first-order valence-electron chi connectivity index (χ1n) is 4.36. The number of aromatic nitrogens is 1. The average molecular weight is 207 g/mol. The molecule has 0 aliphatic heterocycles. The number of thiophene rings is 1. The van der Waals surface area contributed by atoms with Crippen molar-refractivity contribution in [3.05, 3.63) is 40.0 Å². The summed E-state index contributed by atoms with van der Waals surface area (Å²) < 4.78 is 13.5. The molecule has 72 valence electrons. The highest BCUT2D eigenvalue weighted by Gasteiger charge is 2.10. The van der Waals surface area contributed by atoms with E-state index in [0.717, 1.165) is 5.69 Å². The molecule has 2 rings (SSSR count). The van der Waals surface area contributed by atoms with Crippen LogP contribution >= 0.6 is 11.3 Å². The molecule has 2 aromatic heterocycles. The molecule has 0 saturated heterocycles. The number of hydrogen-bond acceptors (Lipinski definition) is 2. The van der Waals surface area contributed by atoms with Gasteiger partial charge in [0.1, 0.15) is 5.82 Å². The van der Waals surface area contributed by atoms with Gasteiger partial charge in [0, 0.05) is 21.5 Å². The Morgan fingerprint density at radius 2 is 2.07 bits per heavy atom. The minimum absolute atomic E-state index is 0.145. The summed E-state index contributed by atoms with van der Waals surface area (Å²) in [5.74, 6) is -0.145. The SMILES string of the molecule is Cc1cccc(-c2csc(C)c2F)n1. The molecule has 1 nitrogen and oxygen atoms in total. The molecule has 0 saturated carbocycles. The number of pyridine rings is 1. The van der Waals surface area contributed by atoms with Crippen LogP contribution in [0.4, 0.5) is 4.39 Å². The van der Waals surface area contributed by atoms with Crippen LogP contribution in [0, 0.1) is 19.7 Å². The van der Waals surface area contributed by atoms with Crippen molar-refractivity contribution >= 4 is 11.3 Å². The fourth-order valence-corrected chi connectivity index (χ4v) is 2.04. The van der Waals surface area contributed by atoms with Gasteiger partial charge < -0.3 is 0 Å². The molecule has 2 heterocycles. The Balaban J connectivity index is 2.55. The van der Waals surface area contributed by atoms with Crippen LogP contribution in [-0.2, 0) is 0 Å². The topological polar surface area (TPSA) is 12.9 Å². The van der Waals surface area contributed by atoms with Gasteiger partial charge in [-0.3, -0.25) is 4.98 Å². The predicted octanol–water partition coefficient (Wildman–Crippen LogP) is 3.57. The second-order valence-electron chi connectivity index (χ2n) is 3.18. The van der Waals surface area contributed by atoms with Gasteiger partial charge in [0.2, 0.25) is 0 Å². The van der Waals surface area contributed by atoms with Crippen LogP contribution in [0.2, 0.25) is 0 Å². The van der Waals surface area contributed by atoms with E-state index in [9.17, 15) is 4.39 Å². The molecule has 0 atom stereocenters. The van der Waals surface area contributed by atoms with Crippen molar-refractivity contribution in [1.82, 2.24) is 4.98 Å². The van der Waals surface area contributed by atoms with Gasteiger partial charge in [-0.25, -0.2) is 4.39 Å². The van der Waals surface area contributed by atoms with E-state index < -0.39 is 0 Å². The van der Waals surface area contributed by atoms with E-state index in [0.29, 0.717) is 16.1 Å². The van der Waals surface area contributed by atoms with Crippen molar-refractivity contribution in [3.63, 3.8) is 0 Å². The molecule has 0 aliphatic carbocycles. The van der Waals surface area contributed by atoms with Crippen LogP contribution in [0.1, 0.15) is 10.6 Å². The summed E-state index contributed by atoms with van der Waals surface area (Å²) in [6.07, 6.45) is 0. The highest BCUT2D eigenvalue weighted by Crippen LogP contribution is 2.28. The van der Waals surface area contributed by atoms with Crippen LogP contribution in [0.15, 0.2) is 23.6 Å². The lowest BCUT2D eigenvalue weighted by Gasteiger charge is -1.98. The Morgan fingerprint density at radius 1 is 1.29 bits per heavy atom. The molecule has 0 fully saturated rings. The fraction of sp³-hybridized carbons (Fsp3) is 0.182. The summed E-state index contributed by atoms with van der Waals surface area (Å²) in [5, 5.41) is 1.81.